The molecule has 1 saturated carbocycles. The molecule has 2 aliphatic heterocycles. The van der Waals surface area contributed by atoms with Crippen LogP contribution in [0.15, 0.2) is 0 Å². The zero-order chi connectivity index (χ0) is 14.1. The molecule has 4 heteroatoms. The van der Waals surface area contributed by atoms with E-state index >= 15 is 0 Å². The fraction of sp³-hybridized carbons (Fsp3) is 0.938. The van der Waals surface area contributed by atoms with Crippen LogP contribution in [0.1, 0.15) is 45.4 Å². The Hall–Kier alpha value is -0.610. The molecule has 3 aliphatic rings. The van der Waals surface area contributed by atoms with Gasteiger partial charge in [0.2, 0.25) is 5.91 Å². The van der Waals surface area contributed by atoms with E-state index in [1.165, 1.54) is 32.4 Å². The third kappa shape index (κ3) is 2.86. The molecule has 0 aromatic rings. The van der Waals surface area contributed by atoms with Gasteiger partial charge in [-0.3, -0.25) is 9.69 Å². The summed E-state index contributed by atoms with van der Waals surface area (Å²) in [5.41, 5.74) is 6.15. The lowest BCUT2D eigenvalue weighted by molar-refractivity contribution is -0.136. The maximum atomic E-state index is 12.7. The molecule has 114 valence electrons. The molecule has 4 nitrogen and oxygen atoms in total. The molecule has 0 aromatic carbocycles. The van der Waals surface area contributed by atoms with E-state index in [1.807, 2.05) is 0 Å². The Balaban J connectivity index is 1.53. The molecular weight excluding hydrogens is 250 g/mol. The van der Waals surface area contributed by atoms with Crippen LogP contribution in [0.5, 0.6) is 0 Å². The fourth-order valence-corrected chi connectivity index (χ4v) is 4.19. The van der Waals surface area contributed by atoms with E-state index in [0.29, 0.717) is 17.9 Å². The van der Waals surface area contributed by atoms with Gasteiger partial charge in [-0.25, -0.2) is 0 Å². The van der Waals surface area contributed by atoms with Gasteiger partial charge in [-0.15, -0.1) is 0 Å². The largest absolute Gasteiger partial charge is 0.341 e. The molecule has 0 aromatic heterocycles. The van der Waals surface area contributed by atoms with Crippen molar-refractivity contribution in [2.45, 2.75) is 57.5 Å². The van der Waals surface area contributed by atoms with Gasteiger partial charge in [0, 0.05) is 31.1 Å². The summed E-state index contributed by atoms with van der Waals surface area (Å²) in [5.74, 6) is 1.16. The van der Waals surface area contributed by atoms with Crippen LogP contribution in [0, 0.1) is 11.8 Å². The lowest BCUT2D eigenvalue weighted by Crippen LogP contribution is -2.43. The summed E-state index contributed by atoms with van der Waals surface area (Å²) in [7, 11) is 0. The lowest BCUT2D eigenvalue weighted by Gasteiger charge is -2.33. The average Bonchev–Trinajstić information content (AvgIpc) is 3.11. The standard InChI is InChI=1S/C16H29N3O/c1-12-4-5-13(10-15(12)17)16(20)19-9-6-14(11-19)18-7-2-3-8-18/h12-15H,2-11,17H2,1H3. The van der Waals surface area contributed by atoms with Crippen LogP contribution in [0.4, 0.5) is 0 Å². The Bertz CT molecular complexity index is 354. The van der Waals surface area contributed by atoms with Crippen molar-refractivity contribution in [1.29, 1.82) is 0 Å². The van der Waals surface area contributed by atoms with Crippen LogP contribution in [0.25, 0.3) is 0 Å². The van der Waals surface area contributed by atoms with Crippen molar-refractivity contribution < 1.29 is 4.79 Å². The zero-order valence-corrected chi connectivity index (χ0v) is 12.8. The number of likely N-dealkylation sites (tertiary alicyclic amines) is 2. The third-order valence-corrected chi connectivity index (χ3v) is 5.74. The summed E-state index contributed by atoms with van der Waals surface area (Å²) in [6.07, 6.45) is 6.88. The predicted molar refractivity (Wildman–Crippen MR) is 80.3 cm³/mol. The molecule has 3 rings (SSSR count). The van der Waals surface area contributed by atoms with Crippen LogP contribution < -0.4 is 5.73 Å². The smallest absolute Gasteiger partial charge is 0.225 e. The molecule has 0 bridgehead atoms. The summed E-state index contributed by atoms with van der Waals surface area (Å²) in [6, 6.07) is 0.840. The number of carbonyl (C=O) groups is 1. The highest BCUT2D eigenvalue weighted by Crippen LogP contribution is 2.30. The molecule has 20 heavy (non-hydrogen) atoms. The molecule has 1 aliphatic carbocycles. The number of amides is 1. The summed E-state index contributed by atoms with van der Waals surface area (Å²) >= 11 is 0. The minimum atomic E-state index is 0.193. The van der Waals surface area contributed by atoms with Crippen molar-refractivity contribution in [2.24, 2.45) is 17.6 Å². The summed E-state index contributed by atoms with van der Waals surface area (Å²) in [4.78, 5) is 17.4. The quantitative estimate of drug-likeness (QED) is 0.832. The fourth-order valence-electron chi connectivity index (χ4n) is 4.19. The van der Waals surface area contributed by atoms with Crippen molar-refractivity contribution in [3.8, 4) is 0 Å². The van der Waals surface area contributed by atoms with Gasteiger partial charge in [0.25, 0.3) is 0 Å². The number of carbonyl (C=O) groups excluding carboxylic acids is 1. The molecular formula is C16H29N3O. The molecule has 3 fully saturated rings. The minimum Gasteiger partial charge on any atom is -0.341 e. The summed E-state index contributed by atoms with van der Waals surface area (Å²) in [6.45, 7) is 6.60. The second-order valence-corrected chi connectivity index (χ2v) is 7.12. The lowest BCUT2D eigenvalue weighted by atomic mass is 9.79. The predicted octanol–water partition coefficient (Wildman–Crippen LogP) is 1.45. The Morgan fingerprint density at radius 2 is 1.85 bits per heavy atom. The van der Waals surface area contributed by atoms with Crippen LogP contribution in [-0.4, -0.2) is 54.0 Å². The second-order valence-electron chi connectivity index (χ2n) is 7.12. The molecule has 4 atom stereocenters. The van der Waals surface area contributed by atoms with Crippen LogP contribution in [0.3, 0.4) is 0 Å². The Morgan fingerprint density at radius 1 is 1.10 bits per heavy atom. The highest BCUT2D eigenvalue weighted by Gasteiger charge is 2.36. The number of rotatable bonds is 2. The van der Waals surface area contributed by atoms with E-state index in [-0.39, 0.29) is 12.0 Å². The van der Waals surface area contributed by atoms with Gasteiger partial charge in [-0.05, 0) is 57.5 Å². The number of hydrogen-bond acceptors (Lipinski definition) is 3. The average molecular weight is 279 g/mol. The Labute approximate surface area is 122 Å². The SMILES string of the molecule is CC1CCC(C(=O)N2CCC(N3CCCC3)C2)CC1N. The first kappa shape index (κ1) is 14.3. The minimum absolute atomic E-state index is 0.193. The molecule has 0 spiro atoms. The molecule has 2 N–H and O–H groups in total. The first-order valence-electron chi connectivity index (χ1n) is 8.43. The molecule has 1 amide bonds. The van der Waals surface area contributed by atoms with Crippen LogP contribution >= 0.6 is 0 Å². The molecule has 0 radical (unpaired) electrons. The molecule has 2 saturated heterocycles. The molecule has 2 heterocycles. The first-order chi connectivity index (χ1) is 9.65. The maximum Gasteiger partial charge on any atom is 0.225 e. The number of nitrogens with two attached hydrogens (primary N) is 1. The normalized spacial score (nSPS) is 39.4. The van der Waals surface area contributed by atoms with Gasteiger partial charge < -0.3 is 10.6 Å². The topological polar surface area (TPSA) is 49.6 Å². The highest BCUT2D eigenvalue weighted by atomic mass is 16.2. The van der Waals surface area contributed by atoms with E-state index < -0.39 is 0 Å². The van der Waals surface area contributed by atoms with Gasteiger partial charge in [0.05, 0.1) is 0 Å². The van der Waals surface area contributed by atoms with Gasteiger partial charge in [0.15, 0.2) is 0 Å². The van der Waals surface area contributed by atoms with Crippen molar-refractivity contribution in [3.05, 3.63) is 0 Å². The zero-order valence-electron chi connectivity index (χ0n) is 12.8. The van der Waals surface area contributed by atoms with Crippen molar-refractivity contribution in [3.63, 3.8) is 0 Å². The van der Waals surface area contributed by atoms with Crippen molar-refractivity contribution in [1.82, 2.24) is 9.80 Å². The maximum absolute atomic E-state index is 12.7. The monoisotopic (exact) mass is 279 g/mol. The number of hydrogen-bond donors (Lipinski definition) is 1. The van der Waals surface area contributed by atoms with E-state index in [2.05, 4.69) is 16.7 Å². The van der Waals surface area contributed by atoms with Gasteiger partial charge in [-0.2, -0.15) is 0 Å². The number of nitrogens with zero attached hydrogens (tertiary/aromatic N) is 2. The first-order valence-corrected chi connectivity index (χ1v) is 8.43. The second kappa shape index (κ2) is 6.02. The van der Waals surface area contributed by atoms with Crippen molar-refractivity contribution >= 4 is 5.91 Å². The van der Waals surface area contributed by atoms with E-state index in [1.54, 1.807) is 0 Å². The van der Waals surface area contributed by atoms with E-state index in [9.17, 15) is 4.79 Å². The third-order valence-electron chi connectivity index (χ3n) is 5.74. The van der Waals surface area contributed by atoms with Gasteiger partial charge >= 0.3 is 0 Å². The van der Waals surface area contributed by atoms with Gasteiger partial charge in [0.1, 0.15) is 0 Å². The summed E-state index contributed by atoms with van der Waals surface area (Å²) < 4.78 is 0. The van der Waals surface area contributed by atoms with Crippen LogP contribution in [-0.2, 0) is 4.79 Å². The summed E-state index contributed by atoms with van der Waals surface area (Å²) in [5, 5.41) is 0. The highest BCUT2D eigenvalue weighted by molar-refractivity contribution is 5.79. The van der Waals surface area contributed by atoms with Crippen LogP contribution in [0.2, 0.25) is 0 Å². The Morgan fingerprint density at radius 3 is 2.55 bits per heavy atom. The van der Waals surface area contributed by atoms with Crippen molar-refractivity contribution in [2.75, 3.05) is 26.2 Å². The van der Waals surface area contributed by atoms with Gasteiger partial charge in [-0.1, -0.05) is 6.92 Å². The Kier molecular flexibility index (Phi) is 4.32. The molecule has 4 unspecified atom stereocenters. The van der Waals surface area contributed by atoms with E-state index in [0.717, 1.165) is 32.4 Å². The van der Waals surface area contributed by atoms with E-state index in [4.69, 9.17) is 5.73 Å².